The van der Waals surface area contributed by atoms with E-state index in [1.54, 1.807) is 36.4 Å². The van der Waals surface area contributed by atoms with Gasteiger partial charge in [0.15, 0.2) is 0 Å². The Morgan fingerprint density at radius 3 is 1.40 bits per heavy atom. The molecule has 1 aromatic heterocycles. The van der Waals surface area contributed by atoms with Crippen LogP contribution in [0.1, 0.15) is 16.7 Å². The van der Waals surface area contributed by atoms with E-state index in [0.29, 0.717) is 54.9 Å². The van der Waals surface area contributed by atoms with E-state index < -0.39 is 7.12 Å². The van der Waals surface area contributed by atoms with E-state index in [-0.39, 0.29) is 144 Å². The fourth-order valence-electron chi connectivity index (χ4n) is 9.55. The summed E-state index contributed by atoms with van der Waals surface area (Å²) in [7, 11) is -1.52. The number of rotatable bonds is 8. The van der Waals surface area contributed by atoms with Crippen molar-refractivity contribution in [3.05, 3.63) is 257 Å². The van der Waals surface area contributed by atoms with Gasteiger partial charge in [0.1, 0.15) is 45.9 Å². The van der Waals surface area contributed by atoms with Gasteiger partial charge >= 0.3 is 113 Å². The van der Waals surface area contributed by atoms with Crippen LogP contribution < -0.4 is 123 Å². The minimum Gasteiger partial charge on any atom is -1.00 e. The molecule has 0 unspecified atom stereocenters. The third kappa shape index (κ3) is 25.5. The number of furan rings is 1. The topological polar surface area (TPSA) is 142 Å². The number of hydrogen-bond donors (Lipinski definition) is 3. The summed E-state index contributed by atoms with van der Waals surface area (Å²) in [5, 5.41) is 48.0. The van der Waals surface area contributed by atoms with Crippen LogP contribution >= 0.6 is 157 Å². The number of aromatic hydroxyl groups is 1. The maximum Gasteiger partial charge on any atom is 1.00 e. The minimum absolute atomic E-state index is 0. The Bertz CT molecular complexity index is 4670. The number of phenolic OH excluding ortho intramolecular Hbond substituents is 1. The number of benzene rings is 12. The van der Waals surface area contributed by atoms with Crippen LogP contribution in [-0.4, -0.2) is 50.5 Å². The van der Waals surface area contributed by atoms with Gasteiger partial charge in [-0.2, -0.15) is 0 Å². The number of alkyl halides is 2. The molecule has 9 nitrogen and oxygen atoms in total. The van der Waals surface area contributed by atoms with Gasteiger partial charge in [-0.05, 0) is 164 Å². The van der Waals surface area contributed by atoms with Gasteiger partial charge in [0.2, 0.25) is 0 Å². The average molecular weight is 1950 g/mol. The molecule has 3 N–H and O–H groups in total. The van der Waals surface area contributed by atoms with Crippen LogP contribution in [-0.2, 0) is 9.68 Å². The molecule has 0 spiro atoms. The van der Waals surface area contributed by atoms with Gasteiger partial charge in [-0.3, -0.25) is 4.79 Å². The maximum absolute atomic E-state index is 14.4. The van der Waals surface area contributed by atoms with E-state index in [1.165, 1.54) is 39.7 Å². The van der Waals surface area contributed by atoms with Crippen LogP contribution in [0.3, 0.4) is 0 Å². The summed E-state index contributed by atoms with van der Waals surface area (Å²) in [5.74, 6) is 0.515. The number of halogens is 13. The van der Waals surface area contributed by atoms with Crippen molar-refractivity contribution in [1.82, 2.24) is 0 Å². The molecule has 0 aliphatic rings. The predicted molar refractivity (Wildman–Crippen MR) is 417 cm³/mol. The second kappa shape index (κ2) is 45.2. The van der Waals surface area contributed by atoms with Crippen molar-refractivity contribution in [2.45, 2.75) is 13.8 Å². The average Bonchev–Trinajstić information content (AvgIpc) is 1.83. The number of ether oxygens (including phenoxy) is 2. The first-order valence-electron chi connectivity index (χ1n) is 27.8. The van der Waals surface area contributed by atoms with E-state index in [0.717, 1.165) is 62.5 Å². The number of fused-ring (bicyclic) bond motifs is 8. The fourth-order valence-corrected chi connectivity index (χ4v) is 11.2. The second-order valence-corrected chi connectivity index (χ2v) is 31.1. The molecule has 13 aromatic rings. The molecule has 1 heterocycles. The molecule has 0 amide bonds. The molecule has 488 valence electrons. The number of phenols is 1. The first-order chi connectivity index (χ1) is 45.2. The number of hydrogen-bond acceptors (Lipinski definition) is 9. The van der Waals surface area contributed by atoms with Crippen molar-refractivity contribution in [2.24, 2.45) is 0 Å². The summed E-state index contributed by atoms with van der Waals surface area (Å²) in [6.45, 7) is 4.65. The second-order valence-electron chi connectivity index (χ2n) is 19.0. The normalized spacial score (nSPS) is 10.0. The summed E-state index contributed by atoms with van der Waals surface area (Å²) in [4.78, 5) is 11.2. The van der Waals surface area contributed by atoms with Crippen molar-refractivity contribution in [3.63, 3.8) is 0 Å². The largest absolute Gasteiger partial charge is 1.00 e. The van der Waals surface area contributed by atoms with E-state index in [4.69, 9.17) is 47.1 Å². The first-order valence-corrected chi connectivity index (χ1v) is 35.9. The monoisotopic (exact) mass is 1950 g/mol. The Labute approximate surface area is 724 Å². The van der Waals surface area contributed by atoms with Crippen LogP contribution in [0.15, 0.2) is 241 Å². The van der Waals surface area contributed by atoms with Crippen molar-refractivity contribution in [3.8, 4) is 39.5 Å². The smallest absolute Gasteiger partial charge is 1.00 e. The molecular weight excluding hydrogens is 1900 g/mol. The van der Waals surface area contributed by atoms with Crippen LogP contribution in [0.25, 0.3) is 87.3 Å². The third-order valence-corrected chi connectivity index (χ3v) is 16.1. The van der Waals surface area contributed by atoms with Gasteiger partial charge in [-0.15, -0.1) is 70.5 Å². The van der Waals surface area contributed by atoms with Gasteiger partial charge in [-0.25, -0.2) is 13.2 Å². The molecular formula is C70H55B2Br7Cl2F3IK2O9. The van der Waals surface area contributed by atoms with E-state index in [2.05, 4.69) is 158 Å². The summed E-state index contributed by atoms with van der Waals surface area (Å²) in [6.07, 6.45) is 0. The molecule has 0 saturated carbocycles. The van der Waals surface area contributed by atoms with Gasteiger partial charge in [-0.1, -0.05) is 197 Å². The van der Waals surface area contributed by atoms with E-state index in [9.17, 15) is 28.3 Å². The molecule has 26 heteroatoms. The Morgan fingerprint density at radius 2 is 0.917 bits per heavy atom. The van der Waals surface area contributed by atoms with Crippen LogP contribution in [0.2, 0.25) is 0 Å². The number of carbonyl (C=O) groups is 1. The quantitative estimate of drug-likeness (QED) is 0.0258. The Balaban J connectivity index is 0.000000403. The van der Waals surface area contributed by atoms with Crippen LogP contribution in [0.4, 0.5) is 13.2 Å². The Morgan fingerprint density at radius 1 is 0.531 bits per heavy atom. The molecule has 0 atom stereocenters. The maximum atomic E-state index is 14.4. The molecule has 0 aliphatic heterocycles. The molecule has 13 rings (SSSR count). The summed E-state index contributed by atoms with van der Waals surface area (Å²) >= 11 is 33.9. The first kappa shape index (κ1) is 86.5. The van der Waals surface area contributed by atoms with E-state index >= 15 is 0 Å². The van der Waals surface area contributed by atoms with E-state index in [1.807, 2.05) is 158 Å². The summed E-state index contributed by atoms with van der Waals surface area (Å²) < 4.78 is 62.2. The zero-order valence-corrected chi connectivity index (χ0v) is 72.4. The molecule has 12 aromatic carbocycles. The molecule has 0 bridgehead atoms. The van der Waals surface area contributed by atoms with Crippen molar-refractivity contribution in [1.29, 1.82) is 0 Å². The summed E-state index contributed by atoms with van der Waals surface area (Å²) in [6, 6.07) is 67.8. The van der Waals surface area contributed by atoms with Gasteiger partial charge < -0.3 is 40.6 Å². The van der Waals surface area contributed by atoms with Crippen molar-refractivity contribution >= 4 is 244 Å². The van der Waals surface area contributed by atoms with Crippen molar-refractivity contribution < 1.29 is 163 Å². The standard InChI is InChI=1S/C18H14BrFO.C16H10BrFO.C16H9BrO.C12H13BO3.C6H3BrFI.CH2Cl2.CH2O3.BBr3.2K.H2.H/c1-2-21-17-10-7-12-5-3-4-6-14(12)18(17)15-9-8-13(19)11-16(15)20;17-11-6-7-13(14(18)9-11)16-12-4-2-1-3-10(12)5-8-15(16)19;17-11-6-7-13-15(9-11)18-14-8-5-10-3-1-2-4-12(10)16(13)14;1-2-16-11-8-7-9-5-3-4-6-10(9)12(11)13(14)15;7-4-1-2-6(9)5(8)3-4;2-1-3;2-1-4-3;2-1(3)4;;;;/h3-11H,2H2,1H3;1-9,19H;1-9H;3-8,14-15H,2H2,1H3;1-3H;1H2;1,3H;;;;1H;/q;;;;;;;;2*+1;;-1/p-1. The molecule has 96 heavy (non-hydrogen) atoms. The molecule has 0 aliphatic carbocycles. The third-order valence-electron chi connectivity index (χ3n) is 13.2. The Hall–Kier alpha value is -1.91. The molecule has 0 radical (unpaired) electrons. The Kier molecular flexibility index (Phi) is 40.8. The molecule has 0 fully saturated rings. The fraction of sp³-hybridized carbons (Fsp3) is 0.0714. The SMILES string of the molecule is BrB(Br)Br.Brc1ccc2c(c1)oc1ccc3ccccc3c12.CCOc1ccc2ccccc2c1-c1ccc(Br)cc1F.CCOc1ccc2ccccc2c1B(O)O.ClCCl.Fc1cc(Br)ccc1I.O=CO[O-].Oc1ccc2ccccc2c1-c1ccc(Br)cc1F.[H-].[HH].[K+].[K+]. The van der Waals surface area contributed by atoms with Gasteiger partial charge in [0.05, 0.1) is 18.6 Å². The predicted octanol–water partition coefficient (Wildman–Crippen LogP) is 16.9. The minimum atomic E-state index is -1.52. The van der Waals surface area contributed by atoms with Crippen LogP contribution in [0, 0.1) is 21.0 Å². The van der Waals surface area contributed by atoms with Gasteiger partial charge in [0, 0.05) is 61.4 Å². The van der Waals surface area contributed by atoms with Gasteiger partial charge in [0.25, 0.3) is 6.47 Å². The van der Waals surface area contributed by atoms with Crippen molar-refractivity contribution in [2.75, 3.05) is 18.6 Å². The zero-order valence-electron chi connectivity index (χ0n) is 52.3. The molecule has 0 saturated heterocycles. The zero-order chi connectivity index (χ0) is 68.4. The summed E-state index contributed by atoms with van der Waals surface area (Å²) in [5.41, 5.74) is 4.59. The number of carbonyl (C=O) groups excluding carboxylic acids is 1. The van der Waals surface area contributed by atoms with Crippen LogP contribution in [0.5, 0.6) is 17.2 Å².